The van der Waals surface area contributed by atoms with Gasteiger partial charge >= 0.3 is 0 Å². The highest BCUT2D eigenvalue weighted by atomic mass is 16.6. The van der Waals surface area contributed by atoms with Gasteiger partial charge < -0.3 is 10.6 Å². The molecule has 2 aromatic rings. The summed E-state index contributed by atoms with van der Waals surface area (Å²) >= 11 is 0. The van der Waals surface area contributed by atoms with E-state index in [0.29, 0.717) is 0 Å². The molecule has 3 rings (SSSR count). The molecular formula is C12H5N3O6. The van der Waals surface area contributed by atoms with E-state index in [4.69, 9.17) is 0 Å². The number of hydrogen-bond acceptors (Lipinski definition) is 8. The molecule has 0 atom stereocenters. The Balaban J connectivity index is 2.27. The molecule has 0 radical (unpaired) electrons. The van der Waals surface area contributed by atoms with E-state index < -0.39 is 26.6 Å². The van der Waals surface area contributed by atoms with Crippen LogP contribution in [0, 0.1) is 10.1 Å². The molecule has 1 aliphatic rings. The molecule has 1 heterocycles. The van der Waals surface area contributed by atoms with Crippen LogP contribution in [0.3, 0.4) is 0 Å². The van der Waals surface area contributed by atoms with Crippen LogP contribution in [0.2, 0.25) is 0 Å². The largest absolute Gasteiger partial charge is 0.349 e. The molecule has 21 heavy (non-hydrogen) atoms. The zero-order valence-electron chi connectivity index (χ0n) is 10.1. The van der Waals surface area contributed by atoms with Crippen LogP contribution in [0.15, 0.2) is 37.4 Å². The van der Waals surface area contributed by atoms with Crippen molar-refractivity contribution >= 4 is 28.4 Å². The summed E-state index contributed by atoms with van der Waals surface area (Å²) in [7, 11) is 0. The number of nitrogens with zero attached hydrogens (tertiary/aromatic N) is 1. The number of nitro groups is 1. The van der Waals surface area contributed by atoms with Crippen LogP contribution < -0.4 is 32.3 Å². The molecule has 0 aromatic heterocycles. The zero-order chi connectivity index (χ0) is 15.3. The van der Waals surface area contributed by atoms with Crippen LogP contribution in [-0.4, -0.2) is 4.92 Å². The van der Waals surface area contributed by atoms with Crippen molar-refractivity contribution in [2.24, 2.45) is 0 Å². The van der Waals surface area contributed by atoms with Crippen LogP contribution in [0.5, 0.6) is 0 Å². The van der Waals surface area contributed by atoms with Crippen LogP contribution in [0.1, 0.15) is 0 Å². The number of anilines is 4. The Kier molecular flexibility index (Phi) is 2.45. The average molecular weight is 287 g/mol. The Labute approximate surface area is 114 Å². The van der Waals surface area contributed by atoms with Crippen LogP contribution in [0.25, 0.3) is 0 Å². The zero-order valence-corrected chi connectivity index (χ0v) is 10.1. The second-order valence-electron chi connectivity index (χ2n) is 4.30. The third kappa shape index (κ3) is 1.71. The molecule has 1 aliphatic heterocycles. The van der Waals surface area contributed by atoms with Crippen LogP contribution in [-0.2, 0) is 0 Å². The third-order valence-electron chi connectivity index (χ3n) is 3.06. The maximum absolute atomic E-state index is 11.7. The first-order valence-corrected chi connectivity index (χ1v) is 5.64. The lowest BCUT2D eigenvalue weighted by atomic mass is 10.1. The van der Waals surface area contributed by atoms with Gasteiger partial charge in [-0.25, -0.2) is 0 Å². The van der Waals surface area contributed by atoms with E-state index >= 15 is 0 Å². The fraction of sp³-hybridized carbons (Fsp3) is 0. The third-order valence-corrected chi connectivity index (χ3v) is 3.06. The lowest BCUT2D eigenvalue weighted by Gasteiger charge is -2.20. The maximum Gasteiger partial charge on any atom is 0.279 e. The summed E-state index contributed by atoms with van der Waals surface area (Å²) in [5.74, 6) is 0. The van der Waals surface area contributed by atoms with Gasteiger partial charge in [-0.05, 0) is 6.07 Å². The van der Waals surface area contributed by atoms with Crippen LogP contribution in [0.4, 0.5) is 28.4 Å². The number of non-ortho nitro benzene ring substituents is 1. The highest BCUT2D eigenvalue weighted by Gasteiger charge is 2.25. The molecule has 0 saturated carbocycles. The molecule has 9 heteroatoms. The smallest absolute Gasteiger partial charge is 0.279 e. The highest BCUT2D eigenvalue weighted by molar-refractivity contribution is 5.90. The van der Waals surface area contributed by atoms with E-state index in [9.17, 15) is 29.3 Å². The summed E-state index contributed by atoms with van der Waals surface area (Å²) in [6.07, 6.45) is 0. The first-order chi connectivity index (χ1) is 9.90. The van der Waals surface area contributed by atoms with Gasteiger partial charge in [-0.2, -0.15) is 0 Å². The highest BCUT2D eigenvalue weighted by Crippen LogP contribution is 2.36. The Hall–Kier alpha value is -3.36. The molecule has 0 saturated heterocycles. The number of nitro benzene ring substituents is 1. The predicted molar refractivity (Wildman–Crippen MR) is 73.6 cm³/mol. The quantitative estimate of drug-likeness (QED) is 0.354. The summed E-state index contributed by atoms with van der Waals surface area (Å²) in [6.45, 7) is 0. The van der Waals surface area contributed by atoms with Gasteiger partial charge in [-0.15, -0.1) is 0 Å². The minimum Gasteiger partial charge on any atom is -0.349 e. The van der Waals surface area contributed by atoms with Gasteiger partial charge in [0.1, 0.15) is 11.4 Å². The summed E-state index contributed by atoms with van der Waals surface area (Å²) in [4.78, 5) is 56.2. The van der Waals surface area contributed by atoms with E-state index in [1.165, 1.54) is 12.1 Å². The molecule has 2 aromatic carbocycles. The lowest BCUT2D eigenvalue weighted by Crippen LogP contribution is -2.48. The second-order valence-corrected chi connectivity index (χ2v) is 4.30. The Bertz CT molecular complexity index is 1000. The van der Waals surface area contributed by atoms with Crippen molar-refractivity contribution in [2.45, 2.75) is 0 Å². The van der Waals surface area contributed by atoms with E-state index in [1.54, 1.807) is 0 Å². The molecule has 2 N–H and O–H groups in total. The predicted octanol–water partition coefficient (Wildman–Crippen LogP) is -0.288. The minimum absolute atomic E-state index is 0.159. The van der Waals surface area contributed by atoms with Crippen molar-refractivity contribution in [1.82, 2.24) is 0 Å². The second kappa shape index (κ2) is 4.07. The van der Waals surface area contributed by atoms with Gasteiger partial charge in [0.2, 0.25) is 0 Å². The van der Waals surface area contributed by atoms with Crippen molar-refractivity contribution in [3.05, 3.63) is 69.2 Å². The van der Waals surface area contributed by atoms with E-state index in [2.05, 4.69) is 10.6 Å². The topological polar surface area (TPSA) is 135 Å². The summed E-state index contributed by atoms with van der Waals surface area (Å²) < 4.78 is 0. The normalized spacial score (nSPS) is 11.8. The van der Waals surface area contributed by atoms with Crippen molar-refractivity contribution < 1.29 is 4.92 Å². The molecule has 0 bridgehead atoms. The summed E-state index contributed by atoms with van der Waals surface area (Å²) in [6, 6.07) is 3.66. The SMILES string of the molecule is O=c1c2c(c(=O)c(=O)c1=O)Nc1cc([N+](=O)[O-])ccc1N2. The maximum atomic E-state index is 11.7. The summed E-state index contributed by atoms with van der Waals surface area (Å²) in [5, 5.41) is 15.7. The Morgan fingerprint density at radius 2 is 1.33 bits per heavy atom. The first kappa shape index (κ1) is 12.7. The van der Waals surface area contributed by atoms with Crippen molar-refractivity contribution in [3.8, 4) is 0 Å². The molecule has 0 spiro atoms. The van der Waals surface area contributed by atoms with Gasteiger partial charge in [0.15, 0.2) is 0 Å². The average Bonchev–Trinajstić information content (AvgIpc) is 2.48. The molecular weight excluding hydrogens is 282 g/mol. The van der Waals surface area contributed by atoms with Crippen molar-refractivity contribution in [1.29, 1.82) is 0 Å². The van der Waals surface area contributed by atoms with Crippen molar-refractivity contribution in [3.63, 3.8) is 0 Å². The van der Waals surface area contributed by atoms with Crippen molar-refractivity contribution in [2.75, 3.05) is 10.6 Å². The standard InChI is InChI=1S/C12H5N3O6/c16-9-7-8(10(17)12(19)11(9)18)14-6-3-4(15(20)21)1-2-5(6)13-7/h1-3,13-14H. The van der Waals surface area contributed by atoms with Gasteiger partial charge in [0.05, 0.1) is 16.3 Å². The summed E-state index contributed by atoms with van der Waals surface area (Å²) in [5.41, 5.74) is -5.60. The van der Waals surface area contributed by atoms with Gasteiger partial charge in [-0.3, -0.25) is 29.3 Å². The molecule has 0 unspecified atom stereocenters. The molecule has 0 fully saturated rings. The molecule has 0 amide bonds. The lowest BCUT2D eigenvalue weighted by molar-refractivity contribution is -0.384. The molecule has 9 nitrogen and oxygen atoms in total. The first-order valence-electron chi connectivity index (χ1n) is 5.64. The number of fused-ring (bicyclic) bond motifs is 2. The van der Waals surface area contributed by atoms with E-state index in [-0.39, 0.29) is 28.4 Å². The van der Waals surface area contributed by atoms with Gasteiger partial charge in [-0.1, -0.05) is 0 Å². The number of nitrogens with one attached hydrogen (secondary N) is 2. The monoisotopic (exact) mass is 287 g/mol. The number of rotatable bonds is 1. The Morgan fingerprint density at radius 3 is 1.86 bits per heavy atom. The van der Waals surface area contributed by atoms with E-state index in [1.807, 2.05) is 0 Å². The fourth-order valence-corrected chi connectivity index (χ4v) is 2.03. The molecule has 104 valence electrons. The van der Waals surface area contributed by atoms with Gasteiger partial charge in [0, 0.05) is 12.1 Å². The Morgan fingerprint density at radius 1 is 0.810 bits per heavy atom. The number of benzene rings is 2. The minimum atomic E-state index is -1.43. The molecule has 0 aliphatic carbocycles. The van der Waals surface area contributed by atoms with Crippen LogP contribution >= 0.6 is 0 Å². The van der Waals surface area contributed by atoms with Gasteiger partial charge in [0.25, 0.3) is 27.4 Å². The number of hydrogen-bond donors (Lipinski definition) is 2. The fourth-order valence-electron chi connectivity index (χ4n) is 2.03. The van der Waals surface area contributed by atoms with E-state index in [0.717, 1.165) is 6.07 Å².